The van der Waals surface area contributed by atoms with Gasteiger partial charge >= 0.3 is 0 Å². The van der Waals surface area contributed by atoms with Gasteiger partial charge in [0.25, 0.3) is 5.91 Å². The standard InChI is InChI=1S/C26H23ClN2O4/c27-18-7-5-17(6-8-18)15-28-11-13-29(14-12-28)23(30)16-33-22-10-9-20-19-3-1-2-4-21(19)25(31)24(20)26(22)32/h1-10,32H,11-16H2. The van der Waals surface area contributed by atoms with Gasteiger partial charge in [0.15, 0.2) is 23.9 Å². The Labute approximate surface area is 197 Å². The summed E-state index contributed by atoms with van der Waals surface area (Å²) in [5.41, 5.74) is 3.46. The van der Waals surface area contributed by atoms with Crippen LogP contribution < -0.4 is 4.74 Å². The molecule has 1 amide bonds. The van der Waals surface area contributed by atoms with E-state index in [4.69, 9.17) is 16.3 Å². The first-order valence-electron chi connectivity index (χ1n) is 10.9. The zero-order valence-corrected chi connectivity index (χ0v) is 18.7. The number of benzene rings is 3. The molecule has 1 aliphatic heterocycles. The van der Waals surface area contributed by atoms with Crippen LogP contribution in [0.1, 0.15) is 21.5 Å². The maximum absolute atomic E-state index is 12.7. The lowest BCUT2D eigenvalue weighted by Crippen LogP contribution is -2.49. The van der Waals surface area contributed by atoms with Crippen LogP contribution in [0.15, 0.2) is 60.7 Å². The van der Waals surface area contributed by atoms with Crippen molar-refractivity contribution < 1.29 is 19.4 Å². The number of amides is 1. The molecular formula is C26H23ClN2O4. The first kappa shape index (κ1) is 21.5. The van der Waals surface area contributed by atoms with Gasteiger partial charge in [-0.25, -0.2) is 0 Å². The summed E-state index contributed by atoms with van der Waals surface area (Å²) >= 11 is 5.95. The molecule has 168 valence electrons. The van der Waals surface area contributed by atoms with E-state index in [2.05, 4.69) is 4.90 Å². The number of piperazine rings is 1. The minimum Gasteiger partial charge on any atom is -0.504 e. The molecule has 5 rings (SSSR count). The van der Waals surface area contributed by atoms with Crippen molar-refractivity contribution in [3.05, 3.63) is 82.4 Å². The van der Waals surface area contributed by atoms with Gasteiger partial charge in [0.2, 0.25) is 0 Å². The van der Waals surface area contributed by atoms with E-state index in [-0.39, 0.29) is 35.4 Å². The Morgan fingerprint density at radius 3 is 2.33 bits per heavy atom. The SMILES string of the molecule is O=C1c2ccccc2-c2ccc(OCC(=O)N3CCN(Cc4ccc(Cl)cc4)CC3)c(O)c21. The van der Waals surface area contributed by atoms with Crippen molar-refractivity contribution in [3.63, 3.8) is 0 Å². The Balaban J connectivity index is 1.18. The van der Waals surface area contributed by atoms with Gasteiger partial charge in [-0.3, -0.25) is 14.5 Å². The van der Waals surface area contributed by atoms with E-state index in [9.17, 15) is 14.7 Å². The molecule has 0 radical (unpaired) electrons. The number of hydrogen-bond acceptors (Lipinski definition) is 5. The molecule has 2 aliphatic rings. The summed E-state index contributed by atoms with van der Waals surface area (Å²) in [5.74, 6) is -0.443. The fourth-order valence-corrected chi connectivity index (χ4v) is 4.55. The largest absolute Gasteiger partial charge is 0.504 e. The third kappa shape index (κ3) is 4.19. The summed E-state index contributed by atoms with van der Waals surface area (Å²) in [6.07, 6.45) is 0. The van der Waals surface area contributed by atoms with Crippen LogP contribution in [-0.2, 0) is 11.3 Å². The van der Waals surface area contributed by atoms with Crippen molar-refractivity contribution in [2.75, 3.05) is 32.8 Å². The molecule has 0 bridgehead atoms. The quantitative estimate of drug-likeness (QED) is 0.486. The van der Waals surface area contributed by atoms with E-state index in [0.29, 0.717) is 24.2 Å². The van der Waals surface area contributed by atoms with E-state index in [1.54, 1.807) is 29.2 Å². The Hall–Kier alpha value is -3.35. The smallest absolute Gasteiger partial charge is 0.260 e. The number of carbonyl (C=O) groups is 2. The number of ketones is 1. The van der Waals surface area contributed by atoms with Crippen LogP contribution in [0, 0.1) is 0 Å². The molecule has 0 unspecified atom stereocenters. The molecule has 1 N–H and O–H groups in total. The maximum atomic E-state index is 12.7. The molecule has 6 nitrogen and oxygen atoms in total. The van der Waals surface area contributed by atoms with Gasteiger partial charge in [0, 0.05) is 43.3 Å². The molecule has 1 heterocycles. The second kappa shape index (κ2) is 8.89. The van der Waals surface area contributed by atoms with Gasteiger partial charge in [-0.1, -0.05) is 48.0 Å². The van der Waals surface area contributed by atoms with Crippen LogP contribution in [0.4, 0.5) is 0 Å². The molecule has 7 heteroatoms. The lowest BCUT2D eigenvalue weighted by Gasteiger charge is -2.34. The van der Waals surface area contributed by atoms with Crippen LogP contribution in [0.5, 0.6) is 11.5 Å². The van der Waals surface area contributed by atoms with E-state index >= 15 is 0 Å². The van der Waals surface area contributed by atoms with Crippen molar-refractivity contribution >= 4 is 23.3 Å². The summed E-state index contributed by atoms with van der Waals surface area (Å²) in [6, 6.07) is 18.4. The highest BCUT2D eigenvalue weighted by atomic mass is 35.5. The highest BCUT2D eigenvalue weighted by Gasteiger charge is 2.31. The van der Waals surface area contributed by atoms with Crippen LogP contribution >= 0.6 is 11.6 Å². The van der Waals surface area contributed by atoms with Gasteiger partial charge in [-0.05, 0) is 41.0 Å². The highest BCUT2D eigenvalue weighted by Crippen LogP contribution is 2.44. The van der Waals surface area contributed by atoms with Crippen LogP contribution in [0.25, 0.3) is 11.1 Å². The van der Waals surface area contributed by atoms with Crippen molar-refractivity contribution in [2.45, 2.75) is 6.54 Å². The van der Waals surface area contributed by atoms with E-state index in [1.807, 2.05) is 36.4 Å². The van der Waals surface area contributed by atoms with Crippen LogP contribution in [-0.4, -0.2) is 59.4 Å². The molecule has 1 fully saturated rings. The Bertz CT molecular complexity index is 1220. The number of nitrogens with zero attached hydrogens (tertiary/aromatic N) is 2. The number of phenols is 1. The number of carbonyl (C=O) groups excluding carboxylic acids is 2. The summed E-state index contributed by atoms with van der Waals surface area (Å²) < 4.78 is 5.64. The van der Waals surface area contributed by atoms with E-state index in [1.165, 1.54) is 5.56 Å². The summed E-state index contributed by atoms with van der Waals surface area (Å²) in [7, 11) is 0. The first-order chi connectivity index (χ1) is 16.0. The third-order valence-corrected chi connectivity index (χ3v) is 6.48. The second-order valence-corrected chi connectivity index (χ2v) is 8.72. The molecule has 3 aromatic rings. The fourth-order valence-electron chi connectivity index (χ4n) is 4.43. The van der Waals surface area contributed by atoms with Crippen molar-refractivity contribution in [2.24, 2.45) is 0 Å². The normalized spacial score (nSPS) is 15.3. The molecule has 0 saturated carbocycles. The monoisotopic (exact) mass is 462 g/mol. The summed E-state index contributed by atoms with van der Waals surface area (Å²) in [6.45, 7) is 3.38. The van der Waals surface area contributed by atoms with Crippen LogP contribution in [0.2, 0.25) is 5.02 Å². The van der Waals surface area contributed by atoms with Gasteiger partial charge < -0.3 is 14.7 Å². The van der Waals surface area contributed by atoms with Crippen molar-refractivity contribution in [3.8, 4) is 22.6 Å². The zero-order chi connectivity index (χ0) is 22.9. The highest BCUT2D eigenvalue weighted by molar-refractivity contribution is 6.30. The molecule has 0 spiro atoms. The molecule has 0 aromatic heterocycles. The number of phenolic OH excluding ortho intramolecular Hbond substituents is 1. The molecule has 3 aromatic carbocycles. The lowest BCUT2D eigenvalue weighted by molar-refractivity contribution is -0.135. The minimum absolute atomic E-state index is 0.143. The third-order valence-electron chi connectivity index (χ3n) is 6.23. The molecule has 1 saturated heterocycles. The fraction of sp³-hybridized carbons (Fsp3) is 0.231. The van der Waals surface area contributed by atoms with E-state index in [0.717, 1.165) is 30.2 Å². The average Bonchev–Trinajstić information content (AvgIpc) is 3.13. The van der Waals surface area contributed by atoms with Crippen molar-refractivity contribution in [1.29, 1.82) is 0 Å². The second-order valence-electron chi connectivity index (χ2n) is 8.28. The predicted molar refractivity (Wildman–Crippen MR) is 126 cm³/mol. The first-order valence-corrected chi connectivity index (χ1v) is 11.3. The molecule has 1 aliphatic carbocycles. The Morgan fingerprint density at radius 2 is 1.61 bits per heavy atom. The van der Waals surface area contributed by atoms with Crippen LogP contribution in [0.3, 0.4) is 0 Å². The number of rotatable bonds is 5. The number of ether oxygens (including phenoxy) is 1. The molecular weight excluding hydrogens is 440 g/mol. The van der Waals surface area contributed by atoms with Gasteiger partial charge in [0.1, 0.15) is 0 Å². The number of halogens is 1. The number of hydrogen-bond donors (Lipinski definition) is 1. The Kier molecular flexibility index (Phi) is 5.79. The lowest BCUT2D eigenvalue weighted by atomic mass is 10.1. The summed E-state index contributed by atoms with van der Waals surface area (Å²) in [4.78, 5) is 29.5. The summed E-state index contributed by atoms with van der Waals surface area (Å²) in [5, 5.41) is 11.4. The predicted octanol–water partition coefficient (Wildman–Crippen LogP) is 3.98. The average molecular weight is 463 g/mol. The number of fused-ring (bicyclic) bond motifs is 3. The van der Waals surface area contributed by atoms with Gasteiger partial charge in [0.05, 0.1) is 5.56 Å². The topological polar surface area (TPSA) is 70.1 Å². The Morgan fingerprint density at radius 1 is 0.909 bits per heavy atom. The maximum Gasteiger partial charge on any atom is 0.260 e. The van der Waals surface area contributed by atoms with Crippen molar-refractivity contribution in [1.82, 2.24) is 9.80 Å². The molecule has 0 atom stereocenters. The van der Waals surface area contributed by atoms with E-state index < -0.39 is 0 Å². The minimum atomic E-state index is -0.230. The van der Waals surface area contributed by atoms with Gasteiger partial charge in [-0.2, -0.15) is 0 Å². The zero-order valence-electron chi connectivity index (χ0n) is 18.0. The number of aromatic hydroxyl groups is 1. The van der Waals surface area contributed by atoms with Gasteiger partial charge in [-0.15, -0.1) is 0 Å². The molecule has 33 heavy (non-hydrogen) atoms.